The minimum absolute atomic E-state index is 0. The van der Waals surface area contributed by atoms with Crippen molar-refractivity contribution in [1.29, 1.82) is 0 Å². The summed E-state index contributed by atoms with van der Waals surface area (Å²) in [4.78, 5) is 35.4. The van der Waals surface area contributed by atoms with E-state index < -0.39 is 89.8 Å². The van der Waals surface area contributed by atoms with E-state index in [1.165, 1.54) is 0 Å². The summed E-state index contributed by atoms with van der Waals surface area (Å²) < 4.78 is 105. The van der Waals surface area contributed by atoms with Crippen LogP contribution in [0.15, 0.2) is 0 Å². The van der Waals surface area contributed by atoms with Gasteiger partial charge >= 0.3 is 6.09 Å². The smallest absolute Gasteiger partial charge is 0.408 e. The first-order valence-corrected chi connectivity index (χ1v) is 15.2. The van der Waals surface area contributed by atoms with E-state index in [1.54, 1.807) is 30.2 Å². The molecule has 20 heteroatoms. The summed E-state index contributed by atoms with van der Waals surface area (Å²) in [5.74, 6) is -4.82. The molecule has 0 aromatic carbocycles. The fourth-order valence-corrected chi connectivity index (χ4v) is 6.52. The SMILES string of the molecule is C.C.CC(C)(C)OC(=O)N[C@]1(C(=O)NS(=O)(=O)C2CC2)C[C@H]1C(F)F.Cl.Cl.N[C@]1(C(=O)NS(=O)(=O)C2CC2)C[C@H]1C(F)F. The lowest BCUT2D eigenvalue weighted by Crippen LogP contribution is -2.53. The molecule has 4 fully saturated rings. The highest BCUT2D eigenvalue weighted by Gasteiger charge is 2.66. The van der Waals surface area contributed by atoms with Gasteiger partial charge in [-0.3, -0.25) is 19.0 Å². The van der Waals surface area contributed by atoms with Gasteiger partial charge in [-0.25, -0.2) is 39.2 Å². The Morgan fingerprint density at radius 3 is 1.49 bits per heavy atom. The quantitative estimate of drug-likeness (QED) is 0.260. The Morgan fingerprint density at radius 1 is 0.791 bits per heavy atom. The van der Waals surface area contributed by atoms with Crippen molar-refractivity contribution in [3.05, 3.63) is 0 Å². The molecule has 256 valence electrons. The van der Waals surface area contributed by atoms with E-state index in [0.29, 0.717) is 25.7 Å². The van der Waals surface area contributed by atoms with Gasteiger partial charge in [0.25, 0.3) is 11.8 Å². The Kier molecular flexibility index (Phi) is 14.8. The third kappa shape index (κ3) is 10.7. The molecule has 0 spiro atoms. The zero-order valence-corrected chi connectivity index (χ0v) is 25.5. The van der Waals surface area contributed by atoms with Gasteiger partial charge in [0.15, 0.2) is 0 Å². The summed E-state index contributed by atoms with van der Waals surface area (Å²) in [7, 11) is -7.59. The zero-order valence-electron chi connectivity index (χ0n) is 22.2. The van der Waals surface area contributed by atoms with E-state index in [0.717, 1.165) is 0 Å². The number of alkyl halides is 4. The number of hydrogen-bond acceptors (Lipinski definition) is 9. The van der Waals surface area contributed by atoms with E-state index >= 15 is 0 Å². The van der Waals surface area contributed by atoms with Crippen molar-refractivity contribution in [3.8, 4) is 0 Å². The lowest BCUT2D eigenvalue weighted by Gasteiger charge is -2.23. The van der Waals surface area contributed by atoms with Crippen LogP contribution in [-0.2, 0) is 34.4 Å². The van der Waals surface area contributed by atoms with Gasteiger partial charge in [0, 0.05) is 5.92 Å². The van der Waals surface area contributed by atoms with E-state index in [1.807, 2.05) is 0 Å². The molecule has 4 atom stereocenters. The average Bonchev–Trinajstić information content (AvgIpc) is 3.59. The predicted molar refractivity (Wildman–Crippen MR) is 155 cm³/mol. The van der Waals surface area contributed by atoms with Crippen LogP contribution in [0.25, 0.3) is 0 Å². The van der Waals surface area contributed by atoms with Crippen molar-refractivity contribution in [2.75, 3.05) is 0 Å². The molecule has 3 amide bonds. The number of nitrogens with one attached hydrogen (secondary N) is 3. The van der Waals surface area contributed by atoms with Gasteiger partial charge in [-0.1, -0.05) is 14.9 Å². The summed E-state index contributed by atoms with van der Waals surface area (Å²) in [5, 5.41) is 0.881. The summed E-state index contributed by atoms with van der Waals surface area (Å²) in [6.07, 6.45) is -5.26. The van der Waals surface area contributed by atoms with E-state index in [4.69, 9.17) is 10.5 Å². The lowest BCUT2D eigenvalue weighted by molar-refractivity contribution is -0.123. The fourth-order valence-electron chi connectivity index (χ4n) is 3.79. The fraction of sp³-hybridized carbons (Fsp3) is 0.870. The molecule has 4 aliphatic rings. The summed E-state index contributed by atoms with van der Waals surface area (Å²) in [6.45, 7) is 4.73. The molecule has 0 saturated heterocycles. The molecular formula is C23H42Cl2F4N4O8S2. The van der Waals surface area contributed by atoms with Gasteiger partial charge in [0.2, 0.25) is 32.9 Å². The number of rotatable bonds is 9. The maximum absolute atomic E-state index is 12.9. The van der Waals surface area contributed by atoms with Gasteiger partial charge in [0.05, 0.1) is 16.4 Å². The standard InChI is InChI=1S/C13H20F2N2O5S.C8H12F2N2O3S.2CH4.2ClH/c1-12(2,3)22-11(19)16-13(6-8(13)9(14)15)10(18)17-23(20,21)7-4-5-7;9-6(10)5-3-8(5,11)7(13)12-16(14,15)4-1-2-4;;;;/h7-9H,4-6H2,1-3H3,(H,16,19)(H,17,18);4-6H,1-3,11H2,(H,12,13);2*1H4;2*1H/t8-,13+;5-,8+;;;;/m00..../s1. The van der Waals surface area contributed by atoms with Gasteiger partial charge in [-0.05, 0) is 59.3 Å². The topological polar surface area (TPSA) is 191 Å². The van der Waals surface area contributed by atoms with Gasteiger partial charge in [-0.15, -0.1) is 24.8 Å². The Labute approximate surface area is 262 Å². The van der Waals surface area contributed by atoms with Gasteiger partial charge in [0.1, 0.15) is 16.7 Å². The minimum atomic E-state index is -3.89. The van der Waals surface area contributed by atoms with Crippen molar-refractivity contribution in [2.45, 2.75) is 114 Å². The number of alkyl carbamates (subject to hydrolysis) is 1. The first-order chi connectivity index (χ1) is 17.6. The normalized spacial score (nSPS) is 27.3. The second-order valence-electron chi connectivity index (χ2n) is 11.3. The third-order valence-electron chi connectivity index (χ3n) is 6.63. The lowest BCUT2D eigenvalue weighted by atomic mass is 10.2. The largest absolute Gasteiger partial charge is 0.444 e. The number of nitrogens with two attached hydrogens (primary N) is 1. The maximum Gasteiger partial charge on any atom is 0.408 e. The molecule has 0 heterocycles. The van der Waals surface area contributed by atoms with Crippen LogP contribution in [0.5, 0.6) is 0 Å². The van der Waals surface area contributed by atoms with Crippen molar-refractivity contribution in [3.63, 3.8) is 0 Å². The first kappa shape index (κ1) is 43.5. The van der Waals surface area contributed by atoms with Gasteiger partial charge < -0.3 is 15.8 Å². The highest BCUT2D eigenvalue weighted by molar-refractivity contribution is 7.91. The van der Waals surface area contributed by atoms with Crippen LogP contribution in [0.3, 0.4) is 0 Å². The molecule has 0 aliphatic heterocycles. The average molecular weight is 714 g/mol. The Morgan fingerprint density at radius 2 is 1.19 bits per heavy atom. The van der Waals surface area contributed by atoms with Crippen LogP contribution in [-0.4, -0.2) is 74.8 Å². The van der Waals surface area contributed by atoms with Gasteiger partial charge in [-0.2, -0.15) is 0 Å². The minimum Gasteiger partial charge on any atom is -0.444 e. The molecule has 12 nitrogen and oxygen atoms in total. The number of sulfonamides is 2. The van der Waals surface area contributed by atoms with Crippen LogP contribution in [0, 0.1) is 11.8 Å². The highest BCUT2D eigenvalue weighted by Crippen LogP contribution is 2.48. The number of hydrogen-bond donors (Lipinski definition) is 4. The second kappa shape index (κ2) is 14.6. The van der Waals surface area contributed by atoms with Crippen molar-refractivity contribution in [2.24, 2.45) is 17.6 Å². The molecule has 0 bridgehead atoms. The molecular weight excluding hydrogens is 671 g/mol. The Bertz CT molecular complexity index is 1230. The Balaban J connectivity index is 0. The zero-order chi connectivity index (χ0) is 29.8. The van der Waals surface area contributed by atoms with Crippen LogP contribution in [0.2, 0.25) is 0 Å². The predicted octanol–water partition coefficient (Wildman–Crippen LogP) is 2.84. The second-order valence-corrected chi connectivity index (χ2v) is 15.2. The summed E-state index contributed by atoms with van der Waals surface area (Å²) >= 11 is 0. The number of ether oxygens (including phenoxy) is 1. The van der Waals surface area contributed by atoms with E-state index in [9.17, 15) is 48.8 Å². The molecule has 4 rings (SSSR count). The molecule has 43 heavy (non-hydrogen) atoms. The number of halogens is 6. The van der Waals surface area contributed by atoms with Crippen molar-refractivity contribution >= 4 is 62.8 Å². The van der Waals surface area contributed by atoms with Crippen molar-refractivity contribution in [1.82, 2.24) is 14.8 Å². The molecule has 0 aromatic heterocycles. The van der Waals surface area contributed by atoms with E-state index in [-0.39, 0.29) is 52.5 Å². The van der Waals surface area contributed by atoms with E-state index in [2.05, 4.69) is 5.32 Å². The molecule has 5 N–H and O–H groups in total. The van der Waals surface area contributed by atoms with Crippen molar-refractivity contribution < 1.29 is 53.5 Å². The molecule has 4 saturated carbocycles. The highest BCUT2D eigenvalue weighted by atomic mass is 35.5. The third-order valence-corrected chi connectivity index (χ3v) is 10.3. The molecule has 0 aromatic rings. The maximum atomic E-state index is 12.9. The number of amides is 3. The van der Waals surface area contributed by atoms with Crippen LogP contribution >= 0.6 is 24.8 Å². The molecule has 4 aliphatic carbocycles. The Hall–Kier alpha value is -1.63. The van der Waals surface area contributed by atoms with Crippen LogP contribution in [0.1, 0.15) is 74.1 Å². The monoisotopic (exact) mass is 712 g/mol. The molecule has 0 radical (unpaired) electrons. The first-order valence-electron chi connectivity index (χ1n) is 12.1. The number of carbonyl (C=O) groups is 3. The van der Waals surface area contributed by atoms with Crippen LogP contribution < -0.4 is 20.5 Å². The summed E-state index contributed by atoms with van der Waals surface area (Å²) in [6, 6.07) is 0. The molecule has 0 unspecified atom stereocenters. The van der Waals surface area contributed by atoms with Crippen LogP contribution in [0.4, 0.5) is 22.4 Å². The number of carbonyl (C=O) groups excluding carboxylic acids is 3. The summed E-state index contributed by atoms with van der Waals surface area (Å²) in [5.41, 5.74) is 0.870.